The third-order valence-electron chi connectivity index (χ3n) is 4.64. The normalized spacial score (nSPS) is 10.9. The maximum Gasteiger partial charge on any atom is 0.255 e. The second-order valence-electron chi connectivity index (χ2n) is 6.85. The molecule has 0 saturated heterocycles. The Morgan fingerprint density at radius 3 is 2.38 bits per heavy atom. The van der Waals surface area contributed by atoms with Gasteiger partial charge in [0.25, 0.3) is 5.91 Å². The third-order valence-corrected chi connectivity index (χ3v) is 4.64. The van der Waals surface area contributed by atoms with E-state index < -0.39 is 5.82 Å². The number of hydrogen-bond acceptors (Lipinski definition) is 4. The second kappa shape index (κ2) is 7.27. The van der Waals surface area contributed by atoms with Crippen LogP contribution < -0.4 is 10.2 Å². The number of rotatable bonds is 4. The Morgan fingerprint density at radius 1 is 1.03 bits per heavy atom. The summed E-state index contributed by atoms with van der Waals surface area (Å²) in [4.78, 5) is 18.7. The van der Waals surface area contributed by atoms with E-state index in [1.165, 1.54) is 18.2 Å². The van der Waals surface area contributed by atoms with Crippen molar-refractivity contribution in [3.05, 3.63) is 78.1 Å². The lowest BCUT2D eigenvalue weighted by molar-refractivity contribution is 0.102. The van der Waals surface area contributed by atoms with Crippen LogP contribution >= 0.6 is 0 Å². The number of carbonyl (C=O) groups is 1. The van der Waals surface area contributed by atoms with Crippen molar-refractivity contribution in [2.75, 3.05) is 24.3 Å². The summed E-state index contributed by atoms with van der Waals surface area (Å²) in [6, 6.07) is 18.2. The first kappa shape index (κ1) is 18.5. The number of imidazole rings is 1. The lowest BCUT2D eigenvalue weighted by Crippen LogP contribution is -2.13. The van der Waals surface area contributed by atoms with E-state index >= 15 is 0 Å². The van der Waals surface area contributed by atoms with Crippen LogP contribution in [-0.2, 0) is 0 Å². The van der Waals surface area contributed by atoms with E-state index in [2.05, 4.69) is 10.3 Å². The van der Waals surface area contributed by atoms with Gasteiger partial charge in [-0.1, -0.05) is 0 Å². The molecular weight excluding hydrogens is 371 g/mol. The van der Waals surface area contributed by atoms with Gasteiger partial charge in [-0.15, -0.1) is 0 Å². The summed E-state index contributed by atoms with van der Waals surface area (Å²) in [6.07, 6.45) is 0. The Morgan fingerprint density at radius 2 is 1.72 bits per heavy atom. The molecule has 0 atom stereocenters. The number of carbonyl (C=O) groups excluding carboxylic acids is 1. The summed E-state index contributed by atoms with van der Waals surface area (Å²) in [5, 5.41) is 13.1. The Bertz CT molecular complexity index is 1180. The van der Waals surface area contributed by atoms with Gasteiger partial charge in [-0.25, -0.2) is 9.37 Å². The van der Waals surface area contributed by atoms with E-state index in [0.717, 1.165) is 10.4 Å². The van der Waals surface area contributed by atoms with Crippen molar-refractivity contribution in [2.45, 2.75) is 0 Å². The zero-order chi connectivity index (χ0) is 20.5. The van der Waals surface area contributed by atoms with Crippen molar-refractivity contribution in [3.8, 4) is 11.4 Å². The number of halogens is 1. The summed E-state index contributed by atoms with van der Waals surface area (Å²) in [5.74, 6) is -0.369. The van der Waals surface area contributed by atoms with Crippen LogP contribution in [0.15, 0.2) is 66.7 Å². The number of fused-ring (bicyclic) bond motifs is 1. The number of nitrogens with one attached hydrogen (secondary N) is 1. The highest BCUT2D eigenvalue weighted by Crippen LogP contribution is 2.25. The first-order chi connectivity index (χ1) is 13.9. The topological polar surface area (TPSA) is 70.4 Å². The molecule has 6 nitrogen and oxygen atoms in total. The van der Waals surface area contributed by atoms with E-state index in [0.29, 0.717) is 33.7 Å². The molecule has 0 radical (unpaired) electrons. The van der Waals surface area contributed by atoms with Crippen LogP contribution in [0.5, 0.6) is 0 Å². The summed E-state index contributed by atoms with van der Waals surface area (Å²) in [7, 11) is 3.88. The van der Waals surface area contributed by atoms with Gasteiger partial charge in [0.15, 0.2) is 5.82 Å². The van der Waals surface area contributed by atoms with E-state index in [-0.39, 0.29) is 5.91 Å². The van der Waals surface area contributed by atoms with Crippen LogP contribution in [0.1, 0.15) is 10.4 Å². The Balaban J connectivity index is 1.53. The predicted octanol–water partition coefficient (Wildman–Crippen LogP) is 4.40. The van der Waals surface area contributed by atoms with E-state index in [1.807, 2.05) is 31.1 Å². The fourth-order valence-electron chi connectivity index (χ4n) is 3.04. The molecule has 7 heteroatoms. The largest absolute Gasteiger partial charge is 0.426 e. The van der Waals surface area contributed by atoms with Crippen LogP contribution in [-0.4, -0.2) is 34.9 Å². The van der Waals surface area contributed by atoms with Crippen LogP contribution in [0, 0.1) is 5.82 Å². The van der Waals surface area contributed by atoms with Gasteiger partial charge in [-0.3, -0.25) is 4.79 Å². The molecule has 4 aromatic rings. The maximum absolute atomic E-state index is 13.4. The first-order valence-corrected chi connectivity index (χ1v) is 8.99. The molecular formula is C22H19FN4O2. The fourth-order valence-corrected chi connectivity index (χ4v) is 3.04. The van der Waals surface area contributed by atoms with Gasteiger partial charge in [0.1, 0.15) is 11.3 Å². The zero-order valence-corrected chi connectivity index (χ0v) is 15.9. The van der Waals surface area contributed by atoms with Crippen LogP contribution in [0.2, 0.25) is 0 Å². The number of nitrogens with zero attached hydrogens (tertiary/aromatic N) is 3. The summed E-state index contributed by atoms with van der Waals surface area (Å²) in [5.41, 5.74) is 3.59. The minimum atomic E-state index is -0.448. The molecule has 1 aromatic heterocycles. The molecule has 1 heterocycles. The Kier molecular flexibility index (Phi) is 4.64. The molecule has 1 amide bonds. The summed E-state index contributed by atoms with van der Waals surface area (Å²) in [6.45, 7) is 0. The minimum Gasteiger partial charge on any atom is -0.426 e. The molecule has 0 aliphatic carbocycles. The van der Waals surface area contributed by atoms with Gasteiger partial charge in [0.2, 0.25) is 0 Å². The summed E-state index contributed by atoms with van der Waals surface area (Å²) >= 11 is 0. The second-order valence-corrected chi connectivity index (χ2v) is 6.85. The first-order valence-electron chi connectivity index (χ1n) is 8.99. The van der Waals surface area contributed by atoms with Gasteiger partial charge in [0.05, 0.1) is 5.52 Å². The minimum absolute atomic E-state index is 0.215. The van der Waals surface area contributed by atoms with Crippen LogP contribution in [0.4, 0.5) is 15.8 Å². The van der Waals surface area contributed by atoms with Gasteiger partial charge in [0, 0.05) is 42.7 Å². The van der Waals surface area contributed by atoms with Gasteiger partial charge in [-0.2, -0.15) is 4.73 Å². The van der Waals surface area contributed by atoms with Crippen molar-refractivity contribution in [2.24, 2.45) is 0 Å². The predicted molar refractivity (Wildman–Crippen MR) is 111 cm³/mol. The average Bonchev–Trinajstić information content (AvgIpc) is 3.04. The molecule has 29 heavy (non-hydrogen) atoms. The molecule has 0 aliphatic rings. The van der Waals surface area contributed by atoms with E-state index in [9.17, 15) is 14.4 Å². The lowest BCUT2D eigenvalue weighted by Gasteiger charge is -2.12. The van der Waals surface area contributed by atoms with Crippen molar-refractivity contribution in [3.63, 3.8) is 0 Å². The van der Waals surface area contributed by atoms with Gasteiger partial charge >= 0.3 is 0 Å². The molecule has 4 rings (SSSR count). The van der Waals surface area contributed by atoms with Crippen LogP contribution in [0.3, 0.4) is 0 Å². The summed E-state index contributed by atoms with van der Waals surface area (Å²) < 4.78 is 14.3. The monoisotopic (exact) mass is 390 g/mol. The van der Waals surface area contributed by atoms with E-state index in [1.54, 1.807) is 36.4 Å². The van der Waals surface area contributed by atoms with Gasteiger partial charge < -0.3 is 15.4 Å². The highest BCUT2D eigenvalue weighted by molar-refractivity contribution is 6.04. The quantitative estimate of drug-likeness (QED) is 0.507. The maximum atomic E-state index is 13.4. The van der Waals surface area contributed by atoms with Crippen LogP contribution in [0.25, 0.3) is 22.4 Å². The Labute approximate surface area is 166 Å². The van der Waals surface area contributed by atoms with Crippen molar-refractivity contribution in [1.82, 2.24) is 9.71 Å². The lowest BCUT2D eigenvalue weighted by atomic mass is 10.1. The van der Waals surface area contributed by atoms with Crippen molar-refractivity contribution < 1.29 is 14.4 Å². The number of amides is 1. The number of aromatic nitrogens is 2. The molecule has 0 fully saturated rings. The molecule has 2 N–H and O–H groups in total. The molecule has 0 aliphatic heterocycles. The average molecular weight is 390 g/mol. The Hall–Kier alpha value is -3.87. The standard InChI is InChI=1S/C22H19FN4O2/c1-26(2)18-10-5-15(6-11-18)22(28)24-17-8-3-14(4-9-17)21-25-19-12-7-16(23)13-20(19)27(21)29/h3-13,29H,1-2H3,(H,24,28). The molecule has 3 aromatic carbocycles. The fraction of sp³-hybridized carbons (Fsp3) is 0.0909. The smallest absolute Gasteiger partial charge is 0.255 e. The SMILES string of the molecule is CN(C)c1ccc(C(=O)Nc2ccc(-c3nc4ccc(F)cc4n3O)cc2)cc1. The number of anilines is 2. The van der Waals surface area contributed by atoms with Crippen molar-refractivity contribution in [1.29, 1.82) is 0 Å². The molecule has 0 saturated carbocycles. The number of benzene rings is 3. The highest BCUT2D eigenvalue weighted by atomic mass is 19.1. The number of hydrogen-bond donors (Lipinski definition) is 2. The highest BCUT2D eigenvalue weighted by Gasteiger charge is 2.13. The molecule has 0 bridgehead atoms. The molecule has 0 unspecified atom stereocenters. The third kappa shape index (κ3) is 3.62. The van der Waals surface area contributed by atoms with Gasteiger partial charge in [-0.05, 0) is 60.7 Å². The zero-order valence-electron chi connectivity index (χ0n) is 15.9. The molecule has 146 valence electrons. The van der Waals surface area contributed by atoms with Crippen molar-refractivity contribution >= 4 is 28.3 Å². The molecule has 0 spiro atoms. The van der Waals surface area contributed by atoms with E-state index in [4.69, 9.17) is 0 Å².